The minimum atomic E-state index is -1.01. The molecule has 1 saturated carbocycles. The normalized spacial score (nSPS) is 18.3. The van der Waals surface area contributed by atoms with Crippen LogP contribution in [0.2, 0.25) is 0 Å². The maximum Gasteiger partial charge on any atom is 0.228 e. The van der Waals surface area contributed by atoms with Gasteiger partial charge in [0.2, 0.25) is 11.9 Å². The first-order valence-corrected chi connectivity index (χ1v) is 4.48. The standard InChI is InChI=1S/C10H9FN2O2/c11-8-3-6(1-2-13-8)10(9(12)15)4-7(14)5-10/h1-3H,4-5H2,(H2,12,15). The maximum absolute atomic E-state index is 12.9. The van der Waals surface area contributed by atoms with Gasteiger partial charge < -0.3 is 5.73 Å². The molecule has 1 aromatic rings. The highest BCUT2D eigenvalue weighted by Gasteiger charge is 2.50. The van der Waals surface area contributed by atoms with Gasteiger partial charge in [0.1, 0.15) is 5.78 Å². The average Bonchev–Trinajstić information content (AvgIpc) is 2.12. The van der Waals surface area contributed by atoms with Crippen molar-refractivity contribution in [2.24, 2.45) is 5.73 Å². The molecule has 15 heavy (non-hydrogen) atoms. The quantitative estimate of drug-likeness (QED) is 0.710. The van der Waals surface area contributed by atoms with E-state index in [0.717, 1.165) is 6.07 Å². The molecular weight excluding hydrogens is 199 g/mol. The number of hydrogen-bond donors (Lipinski definition) is 1. The van der Waals surface area contributed by atoms with Crippen molar-refractivity contribution < 1.29 is 14.0 Å². The summed E-state index contributed by atoms with van der Waals surface area (Å²) in [4.78, 5) is 25.6. The van der Waals surface area contributed by atoms with Crippen molar-refractivity contribution in [3.63, 3.8) is 0 Å². The zero-order valence-electron chi connectivity index (χ0n) is 7.87. The highest BCUT2D eigenvalue weighted by molar-refractivity contribution is 6.03. The summed E-state index contributed by atoms with van der Waals surface area (Å²) in [5, 5.41) is 0. The maximum atomic E-state index is 12.9. The fourth-order valence-electron chi connectivity index (χ4n) is 1.84. The Kier molecular flexibility index (Phi) is 2.03. The van der Waals surface area contributed by atoms with Gasteiger partial charge in [-0.1, -0.05) is 0 Å². The van der Waals surface area contributed by atoms with Crippen LogP contribution in [0.1, 0.15) is 18.4 Å². The molecule has 1 fully saturated rings. The molecule has 5 heteroatoms. The Bertz CT molecular complexity index is 437. The van der Waals surface area contributed by atoms with Gasteiger partial charge in [-0.2, -0.15) is 4.39 Å². The minimum absolute atomic E-state index is 0.0361. The van der Waals surface area contributed by atoms with Gasteiger partial charge in [-0.3, -0.25) is 9.59 Å². The van der Waals surface area contributed by atoms with E-state index in [9.17, 15) is 14.0 Å². The third-order valence-electron chi connectivity index (χ3n) is 2.75. The molecule has 78 valence electrons. The molecule has 0 saturated heterocycles. The van der Waals surface area contributed by atoms with Gasteiger partial charge in [0, 0.05) is 19.0 Å². The van der Waals surface area contributed by atoms with E-state index in [2.05, 4.69) is 4.98 Å². The van der Waals surface area contributed by atoms with Crippen LogP contribution in [0.3, 0.4) is 0 Å². The van der Waals surface area contributed by atoms with Gasteiger partial charge in [0.15, 0.2) is 0 Å². The molecule has 1 aliphatic rings. The summed E-state index contributed by atoms with van der Waals surface area (Å²) >= 11 is 0. The summed E-state index contributed by atoms with van der Waals surface area (Å²) < 4.78 is 12.9. The smallest absolute Gasteiger partial charge is 0.228 e. The first-order valence-electron chi connectivity index (χ1n) is 4.48. The molecule has 0 spiro atoms. The number of ketones is 1. The van der Waals surface area contributed by atoms with Gasteiger partial charge in [-0.05, 0) is 17.7 Å². The molecule has 0 atom stereocenters. The number of halogens is 1. The predicted molar refractivity (Wildman–Crippen MR) is 49.3 cm³/mol. The van der Waals surface area contributed by atoms with Crippen molar-refractivity contribution in [3.05, 3.63) is 29.8 Å². The van der Waals surface area contributed by atoms with Crippen LogP contribution in [0.4, 0.5) is 4.39 Å². The lowest BCUT2D eigenvalue weighted by atomic mass is 9.63. The number of carbonyl (C=O) groups excluding carboxylic acids is 2. The topological polar surface area (TPSA) is 73.1 Å². The van der Waals surface area contributed by atoms with Crippen LogP contribution in [0.5, 0.6) is 0 Å². The Morgan fingerprint density at radius 3 is 2.67 bits per heavy atom. The molecule has 1 aromatic heterocycles. The predicted octanol–water partition coefficient (Wildman–Crippen LogP) is 0.307. The lowest BCUT2D eigenvalue weighted by Gasteiger charge is -2.37. The van der Waals surface area contributed by atoms with E-state index in [1.807, 2.05) is 0 Å². The lowest BCUT2D eigenvalue weighted by Crippen LogP contribution is -2.51. The van der Waals surface area contributed by atoms with Gasteiger partial charge in [0.05, 0.1) is 5.41 Å². The third-order valence-corrected chi connectivity index (χ3v) is 2.75. The molecule has 0 radical (unpaired) electrons. The van der Waals surface area contributed by atoms with Crippen molar-refractivity contribution in [2.75, 3.05) is 0 Å². The first kappa shape index (κ1) is 9.76. The third kappa shape index (κ3) is 1.40. The number of aromatic nitrogens is 1. The second-order valence-electron chi connectivity index (χ2n) is 3.71. The van der Waals surface area contributed by atoms with Gasteiger partial charge in [0.25, 0.3) is 0 Å². The second kappa shape index (κ2) is 3.12. The van der Waals surface area contributed by atoms with Crippen molar-refractivity contribution in [1.82, 2.24) is 4.98 Å². The van der Waals surface area contributed by atoms with Crippen molar-refractivity contribution in [1.29, 1.82) is 0 Å². The van der Waals surface area contributed by atoms with E-state index in [-0.39, 0.29) is 18.6 Å². The number of hydrogen-bond acceptors (Lipinski definition) is 3. The number of primary amides is 1. The number of carbonyl (C=O) groups is 2. The molecule has 0 aliphatic heterocycles. The molecule has 2 rings (SSSR count). The Hall–Kier alpha value is -1.78. The molecule has 1 amide bonds. The van der Waals surface area contributed by atoms with Crippen LogP contribution < -0.4 is 5.73 Å². The van der Waals surface area contributed by atoms with Crippen LogP contribution in [-0.2, 0) is 15.0 Å². The van der Waals surface area contributed by atoms with Crippen molar-refractivity contribution >= 4 is 11.7 Å². The van der Waals surface area contributed by atoms with E-state index in [1.54, 1.807) is 0 Å². The highest BCUT2D eigenvalue weighted by atomic mass is 19.1. The van der Waals surface area contributed by atoms with Crippen LogP contribution in [0.15, 0.2) is 18.3 Å². The number of amides is 1. The Labute approximate surface area is 85.3 Å². The summed E-state index contributed by atoms with van der Waals surface area (Å²) in [6.45, 7) is 0. The molecule has 1 aliphatic carbocycles. The summed E-state index contributed by atoms with van der Waals surface area (Å²) in [6.07, 6.45) is 1.38. The summed E-state index contributed by atoms with van der Waals surface area (Å²) in [6, 6.07) is 2.66. The molecule has 0 unspecified atom stereocenters. The van der Waals surface area contributed by atoms with Gasteiger partial charge >= 0.3 is 0 Å². The number of nitrogens with two attached hydrogens (primary N) is 1. The molecule has 4 nitrogen and oxygen atoms in total. The first-order chi connectivity index (χ1) is 7.04. The Balaban J connectivity index is 2.43. The molecular formula is C10H9FN2O2. The zero-order chi connectivity index (χ0) is 11.1. The second-order valence-corrected chi connectivity index (χ2v) is 3.71. The average molecular weight is 208 g/mol. The van der Waals surface area contributed by atoms with E-state index in [0.29, 0.717) is 5.56 Å². The van der Waals surface area contributed by atoms with E-state index >= 15 is 0 Å². The minimum Gasteiger partial charge on any atom is -0.369 e. The van der Waals surface area contributed by atoms with Crippen molar-refractivity contribution in [3.8, 4) is 0 Å². The summed E-state index contributed by atoms with van der Waals surface area (Å²) in [7, 11) is 0. The fourth-order valence-corrected chi connectivity index (χ4v) is 1.84. The highest BCUT2D eigenvalue weighted by Crippen LogP contribution is 2.40. The lowest BCUT2D eigenvalue weighted by molar-refractivity contribution is -0.139. The molecule has 2 N–H and O–H groups in total. The van der Waals surface area contributed by atoms with Crippen LogP contribution >= 0.6 is 0 Å². The van der Waals surface area contributed by atoms with Gasteiger partial charge in [-0.25, -0.2) is 4.98 Å². The molecule has 0 aromatic carbocycles. The van der Waals surface area contributed by atoms with Crippen molar-refractivity contribution in [2.45, 2.75) is 18.3 Å². The Morgan fingerprint density at radius 2 is 2.20 bits per heavy atom. The molecule has 0 bridgehead atoms. The van der Waals surface area contributed by atoms with Crippen LogP contribution in [0, 0.1) is 5.95 Å². The zero-order valence-corrected chi connectivity index (χ0v) is 7.87. The number of nitrogens with zero attached hydrogens (tertiary/aromatic N) is 1. The number of rotatable bonds is 2. The molecule has 1 heterocycles. The van der Waals surface area contributed by atoms with E-state index in [1.165, 1.54) is 12.3 Å². The van der Waals surface area contributed by atoms with Crippen LogP contribution in [0.25, 0.3) is 0 Å². The Morgan fingerprint density at radius 1 is 1.53 bits per heavy atom. The summed E-state index contributed by atoms with van der Waals surface area (Å²) in [5.41, 5.74) is 4.66. The number of pyridine rings is 1. The van der Waals surface area contributed by atoms with E-state index < -0.39 is 17.3 Å². The fraction of sp³-hybridized carbons (Fsp3) is 0.300. The van der Waals surface area contributed by atoms with Gasteiger partial charge in [-0.15, -0.1) is 0 Å². The number of Topliss-reactive ketones (excluding diaryl/α,β-unsaturated/α-hetero) is 1. The monoisotopic (exact) mass is 208 g/mol. The SMILES string of the molecule is NC(=O)C1(c2ccnc(F)c2)CC(=O)C1. The van der Waals surface area contributed by atoms with Crippen LogP contribution in [-0.4, -0.2) is 16.7 Å². The summed E-state index contributed by atoms with van der Waals surface area (Å²) in [5.74, 6) is -1.30. The van der Waals surface area contributed by atoms with E-state index in [4.69, 9.17) is 5.73 Å². The largest absolute Gasteiger partial charge is 0.369 e.